The van der Waals surface area contributed by atoms with Crippen LogP contribution >= 0.6 is 0 Å². The number of halogens is 2. The second kappa shape index (κ2) is 6.54. The Bertz CT molecular complexity index is 784. The SMILES string of the molecule is O=C(c1nnc2n1CCCC2)N1CCC(Cc2cc(F)cc(F)c2)C1. The van der Waals surface area contributed by atoms with Crippen LogP contribution in [0.5, 0.6) is 0 Å². The number of carbonyl (C=O) groups excluding carboxylic acids is 1. The van der Waals surface area contributed by atoms with Crippen LogP contribution in [0.15, 0.2) is 18.2 Å². The fourth-order valence-corrected chi connectivity index (χ4v) is 3.85. The van der Waals surface area contributed by atoms with Crippen LogP contribution in [0.3, 0.4) is 0 Å². The molecule has 2 aliphatic rings. The van der Waals surface area contributed by atoms with Gasteiger partial charge in [-0.1, -0.05) is 0 Å². The van der Waals surface area contributed by atoms with Crippen LogP contribution < -0.4 is 0 Å². The Morgan fingerprint density at radius 1 is 1.12 bits per heavy atom. The summed E-state index contributed by atoms with van der Waals surface area (Å²) in [5.41, 5.74) is 0.636. The second-order valence-corrected chi connectivity index (χ2v) is 6.94. The summed E-state index contributed by atoms with van der Waals surface area (Å²) in [7, 11) is 0. The van der Waals surface area contributed by atoms with E-state index in [0.29, 0.717) is 30.9 Å². The molecule has 1 amide bonds. The van der Waals surface area contributed by atoms with Gasteiger partial charge in [-0.2, -0.15) is 0 Å². The molecule has 1 fully saturated rings. The largest absolute Gasteiger partial charge is 0.336 e. The number of aromatic nitrogens is 3. The number of hydrogen-bond acceptors (Lipinski definition) is 3. The van der Waals surface area contributed by atoms with Crippen molar-refractivity contribution < 1.29 is 13.6 Å². The predicted octanol–water partition coefficient (Wildman–Crippen LogP) is 2.60. The van der Waals surface area contributed by atoms with Crippen molar-refractivity contribution in [3.05, 3.63) is 47.0 Å². The topological polar surface area (TPSA) is 51.0 Å². The third-order valence-corrected chi connectivity index (χ3v) is 5.07. The van der Waals surface area contributed by atoms with Crippen molar-refractivity contribution in [1.29, 1.82) is 0 Å². The summed E-state index contributed by atoms with van der Waals surface area (Å²) in [5.74, 6) is 0.308. The van der Waals surface area contributed by atoms with Gasteiger partial charge in [-0.05, 0) is 49.3 Å². The summed E-state index contributed by atoms with van der Waals surface area (Å²) in [4.78, 5) is 14.6. The summed E-state index contributed by atoms with van der Waals surface area (Å²) in [6.45, 7) is 2.02. The molecule has 1 saturated heterocycles. The lowest BCUT2D eigenvalue weighted by atomic mass is 9.98. The van der Waals surface area contributed by atoms with E-state index in [2.05, 4.69) is 10.2 Å². The smallest absolute Gasteiger partial charge is 0.291 e. The molecule has 1 aromatic carbocycles. The van der Waals surface area contributed by atoms with Crippen molar-refractivity contribution in [2.24, 2.45) is 5.92 Å². The molecule has 2 aliphatic heterocycles. The first-order valence-corrected chi connectivity index (χ1v) is 8.76. The molecular formula is C18H20F2N4O. The molecule has 0 radical (unpaired) electrons. The number of amides is 1. The van der Waals surface area contributed by atoms with Crippen molar-refractivity contribution >= 4 is 5.91 Å². The van der Waals surface area contributed by atoms with Gasteiger partial charge in [0.05, 0.1) is 0 Å². The molecular weight excluding hydrogens is 326 g/mol. The first-order chi connectivity index (χ1) is 12.1. The maximum atomic E-state index is 13.3. The highest BCUT2D eigenvalue weighted by atomic mass is 19.1. The maximum Gasteiger partial charge on any atom is 0.291 e. The number of likely N-dealkylation sites (tertiary alicyclic amines) is 1. The van der Waals surface area contributed by atoms with E-state index in [1.165, 1.54) is 12.1 Å². The van der Waals surface area contributed by atoms with E-state index in [0.717, 1.165) is 44.1 Å². The molecule has 2 aromatic rings. The molecule has 1 aromatic heterocycles. The maximum absolute atomic E-state index is 13.3. The lowest BCUT2D eigenvalue weighted by molar-refractivity contribution is 0.0768. The Kier molecular flexibility index (Phi) is 4.23. The van der Waals surface area contributed by atoms with Gasteiger partial charge in [0.25, 0.3) is 5.91 Å². The van der Waals surface area contributed by atoms with E-state index < -0.39 is 11.6 Å². The van der Waals surface area contributed by atoms with E-state index in [1.54, 1.807) is 4.90 Å². The highest BCUT2D eigenvalue weighted by Crippen LogP contribution is 2.24. The zero-order valence-corrected chi connectivity index (χ0v) is 13.9. The molecule has 132 valence electrons. The lowest BCUT2D eigenvalue weighted by Crippen LogP contribution is -2.32. The molecule has 3 heterocycles. The van der Waals surface area contributed by atoms with Crippen molar-refractivity contribution in [3.63, 3.8) is 0 Å². The van der Waals surface area contributed by atoms with Gasteiger partial charge >= 0.3 is 0 Å². The van der Waals surface area contributed by atoms with E-state index in [1.807, 2.05) is 4.57 Å². The summed E-state index contributed by atoms with van der Waals surface area (Å²) in [6, 6.07) is 3.60. The minimum absolute atomic E-state index is 0.0893. The number of fused-ring (bicyclic) bond motifs is 1. The van der Waals surface area contributed by atoms with Crippen LogP contribution in [-0.2, 0) is 19.4 Å². The van der Waals surface area contributed by atoms with Crippen LogP contribution in [0.4, 0.5) is 8.78 Å². The molecule has 0 bridgehead atoms. The Labute approximate surface area is 144 Å². The number of nitrogens with zero attached hydrogens (tertiary/aromatic N) is 4. The van der Waals surface area contributed by atoms with Gasteiger partial charge in [0, 0.05) is 32.1 Å². The average molecular weight is 346 g/mol. The molecule has 25 heavy (non-hydrogen) atoms. The zero-order valence-electron chi connectivity index (χ0n) is 13.9. The van der Waals surface area contributed by atoms with Gasteiger partial charge in [-0.15, -0.1) is 10.2 Å². The Balaban J connectivity index is 1.43. The van der Waals surface area contributed by atoms with E-state index in [9.17, 15) is 13.6 Å². The summed E-state index contributed by atoms with van der Waals surface area (Å²) in [5, 5.41) is 8.23. The van der Waals surface area contributed by atoms with Gasteiger partial charge in [0.2, 0.25) is 5.82 Å². The Morgan fingerprint density at radius 3 is 2.72 bits per heavy atom. The normalized spacial score (nSPS) is 19.9. The number of hydrogen-bond donors (Lipinski definition) is 0. The highest BCUT2D eigenvalue weighted by molar-refractivity contribution is 5.91. The molecule has 0 N–H and O–H groups in total. The molecule has 0 saturated carbocycles. The minimum Gasteiger partial charge on any atom is -0.336 e. The first kappa shape index (κ1) is 16.2. The van der Waals surface area contributed by atoms with Crippen molar-refractivity contribution in [1.82, 2.24) is 19.7 Å². The first-order valence-electron chi connectivity index (χ1n) is 8.76. The Hall–Kier alpha value is -2.31. The number of rotatable bonds is 3. The summed E-state index contributed by atoms with van der Waals surface area (Å²) < 4.78 is 28.6. The zero-order chi connectivity index (χ0) is 17.4. The average Bonchev–Trinajstić information content (AvgIpc) is 3.20. The van der Waals surface area contributed by atoms with Crippen LogP contribution in [-0.4, -0.2) is 38.7 Å². The Morgan fingerprint density at radius 2 is 1.92 bits per heavy atom. The second-order valence-electron chi connectivity index (χ2n) is 6.94. The van der Waals surface area contributed by atoms with Gasteiger partial charge in [0.1, 0.15) is 17.5 Å². The monoisotopic (exact) mass is 346 g/mol. The quantitative estimate of drug-likeness (QED) is 0.858. The molecule has 1 unspecified atom stereocenters. The van der Waals surface area contributed by atoms with Gasteiger partial charge in [-0.25, -0.2) is 8.78 Å². The number of aryl methyl sites for hydroxylation is 1. The van der Waals surface area contributed by atoms with E-state index >= 15 is 0 Å². The van der Waals surface area contributed by atoms with E-state index in [-0.39, 0.29) is 11.8 Å². The van der Waals surface area contributed by atoms with Crippen molar-refractivity contribution in [2.45, 2.75) is 38.6 Å². The molecule has 4 rings (SSSR count). The van der Waals surface area contributed by atoms with Crippen LogP contribution in [0.2, 0.25) is 0 Å². The fourth-order valence-electron chi connectivity index (χ4n) is 3.85. The fraction of sp³-hybridized carbons (Fsp3) is 0.500. The third kappa shape index (κ3) is 3.27. The minimum atomic E-state index is -0.559. The van der Waals surface area contributed by atoms with Crippen LogP contribution in [0.25, 0.3) is 0 Å². The lowest BCUT2D eigenvalue weighted by Gasteiger charge is -2.19. The molecule has 0 aliphatic carbocycles. The number of carbonyl (C=O) groups is 1. The molecule has 1 atom stereocenters. The summed E-state index contributed by atoms with van der Waals surface area (Å²) >= 11 is 0. The van der Waals surface area contributed by atoms with Gasteiger partial charge < -0.3 is 9.47 Å². The number of benzene rings is 1. The predicted molar refractivity (Wildman–Crippen MR) is 87.0 cm³/mol. The molecule has 5 nitrogen and oxygen atoms in total. The summed E-state index contributed by atoms with van der Waals surface area (Å²) in [6.07, 6.45) is 4.39. The van der Waals surface area contributed by atoms with Crippen molar-refractivity contribution in [3.8, 4) is 0 Å². The van der Waals surface area contributed by atoms with Crippen LogP contribution in [0, 0.1) is 17.6 Å². The standard InChI is InChI=1S/C18H20F2N4O/c19-14-8-13(9-15(20)10-14)7-12-4-6-23(11-12)18(25)17-22-21-16-3-1-2-5-24(16)17/h8-10,12H,1-7,11H2. The molecule has 7 heteroatoms. The molecule has 0 spiro atoms. The van der Waals surface area contributed by atoms with Gasteiger partial charge in [-0.3, -0.25) is 4.79 Å². The van der Waals surface area contributed by atoms with Crippen LogP contribution in [0.1, 0.15) is 41.3 Å². The highest BCUT2D eigenvalue weighted by Gasteiger charge is 2.31. The third-order valence-electron chi connectivity index (χ3n) is 5.07. The van der Waals surface area contributed by atoms with Gasteiger partial charge in [0.15, 0.2) is 0 Å². The van der Waals surface area contributed by atoms with E-state index in [4.69, 9.17) is 0 Å². The van der Waals surface area contributed by atoms with Crippen molar-refractivity contribution in [2.75, 3.05) is 13.1 Å².